The predicted molar refractivity (Wildman–Crippen MR) is 62.9 cm³/mol. The number of carbonyl (C=O) groups is 1. The van der Waals surface area contributed by atoms with Gasteiger partial charge in [0.1, 0.15) is 12.4 Å². The van der Waals surface area contributed by atoms with Gasteiger partial charge in [-0.15, -0.1) is 0 Å². The Morgan fingerprint density at radius 1 is 1.44 bits per heavy atom. The van der Waals surface area contributed by atoms with E-state index in [9.17, 15) is 4.79 Å². The first kappa shape index (κ1) is 10.7. The Kier molecular flexibility index (Phi) is 2.92. The molecular weight excluding hydrogens is 228 g/mol. The molecule has 0 bridgehead atoms. The number of nitrogens with zero attached hydrogens (tertiary/aromatic N) is 1. The predicted octanol–water partition coefficient (Wildman–Crippen LogP) is 2.38. The van der Waals surface area contributed by atoms with Crippen LogP contribution in [0.4, 0.5) is 5.82 Å². The number of benzene rings is 1. The fraction of sp³-hybridized carbons (Fsp3) is 0.0909. The largest absolute Gasteiger partial charge is 0.480 e. The highest BCUT2D eigenvalue weighted by Crippen LogP contribution is 2.24. The summed E-state index contributed by atoms with van der Waals surface area (Å²) in [6.45, 7) is -0.168. The zero-order valence-corrected chi connectivity index (χ0v) is 9.03. The molecule has 16 heavy (non-hydrogen) atoms. The number of aliphatic carboxylic acids is 1. The number of nitrogens with one attached hydrogen (secondary N) is 1. The number of hydrogen-bond donors (Lipinski definition) is 2. The van der Waals surface area contributed by atoms with Crippen LogP contribution in [0.1, 0.15) is 0 Å². The molecule has 0 radical (unpaired) electrons. The topological polar surface area (TPSA) is 62.2 Å². The first-order chi connectivity index (χ1) is 7.66. The number of aromatic nitrogens is 1. The SMILES string of the molecule is O=C(O)CNc1nccc2ccc(Cl)cc12. The summed E-state index contributed by atoms with van der Waals surface area (Å²) in [7, 11) is 0. The van der Waals surface area contributed by atoms with Gasteiger partial charge in [-0.1, -0.05) is 17.7 Å². The second-order valence-electron chi connectivity index (χ2n) is 3.27. The van der Waals surface area contributed by atoms with E-state index < -0.39 is 5.97 Å². The van der Waals surface area contributed by atoms with E-state index >= 15 is 0 Å². The lowest BCUT2D eigenvalue weighted by atomic mass is 10.1. The molecule has 0 aliphatic rings. The highest BCUT2D eigenvalue weighted by atomic mass is 35.5. The van der Waals surface area contributed by atoms with Crippen molar-refractivity contribution in [3.8, 4) is 0 Å². The van der Waals surface area contributed by atoms with Crippen LogP contribution in [0.25, 0.3) is 10.8 Å². The van der Waals surface area contributed by atoms with Crippen LogP contribution in [-0.2, 0) is 4.79 Å². The molecule has 0 unspecified atom stereocenters. The molecule has 1 heterocycles. The van der Waals surface area contributed by atoms with Gasteiger partial charge in [0, 0.05) is 16.6 Å². The zero-order chi connectivity index (χ0) is 11.5. The van der Waals surface area contributed by atoms with E-state index in [2.05, 4.69) is 10.3 Å². The normalized spacial score (nSPS) is 10.3. The van der Waals surface area contributed by atoms with Crippen molar-refractivity contribution in [3.05, 3.63) is 35.5 Å². The average molecular weight is 237 g/mol. The maximum absolute atomic E-state index is 10.5. The number of hydrogen-bond acceptors (Lipinski definition) is 3. The lowest BCUT2D eigenvalue weighted by Crippen LogP contribution is -2.13. The van der Waals surface area contributed by atoms with E-state index in [-0.39, 0.29) is 6.54 Å². The molecule has 0 amide bonds. The molecule has 2 aromatic rings. The Balaban J connectivity index is 2.43. The van der Waals surface area contributed by atoms with E-state index in [0.717, 1.165) is 10.8 Å². The minimum atomic E-state index is -0.930. The average Bonchev–Trinajstić information content (AvgIpc) is 2.26. The Labute approximate surface area is 96.9 Å². The summed E-state index contributed by atoms with van der Waals surface area (Å²) in [5, 5.41) is 13.7. The summed E-state index contributed by atoms with van der Waals surface area (Å²) in [5.74, 6) is -0.400. The van der Waals surface area contributed by atoms with E-state index in [1.54, 1.807) is 18.3 Å². The quantitative estimate of drug-likeness (QED) is 0.859. The minimum absolute atomic E-state index is 0.168. The third-order valence-corrected chi connectivity index (χ3v) is 2.37. The lowest BCUT2D eigenvalue weighted by Gasteiger charge is -2.06. The van der Waals surface area contributed by atoms with Gasteiger partial charge in [0.05, 0.1) is 0 Å². The van der Waals surface area contributed by atoms with Crippen molar-refractivity contribution in [3.63, 3.8) is 0 Å². The van der Waals surface area contributed by atoms with Crippen LogP contribution in [-0.4, -0.2) is 22.6 Å². The van der Waals surface area contributed by atoms with Crippen molar-refractivity contribution in [1.29, 1.82) is 0 Å². The van der Waals surface area contributed by atoms with Crippen molar-refractivity contribution in [2.24, 2.45) is 0 Å². The van der Waals surface area contributed by atoms with Gasteiger partial charge in [0.2, 0.25) is 0 Å². The Hall–Kier alpha value is -1.81. The van der Waals surface area contributed by atoms with Gasteiger partial charge in [-0.05, 0) is 23.6 Å². The molecule has 4 nitrogen and oxygen atoms in total. The van der Waals surface area contributed by atoms with Crippen LogP contribution in [0.15, 0.2) is 30.5 Å². The second-order valence-corrected chi connectivity index (χ2v) is 3.71. The number of fused-ring (bicyclic) bond motifs is 1. The summed E-state index contributed by atoms with van der Waals surface area (Å²) < 4.78 is 0. The molecule has 0 atom stereocenters. The highest BCUT2D eigenvalue weighted by molar-refractivity contribution is 6.31. The van der Waals surface area contributed by atoms with Crippen LogP contribution in [0.5, 0.6) is 0 Å². The van der Waals surface area contributed by atoms with Crippen LogP contribution < -0.4 is 5.32 Å². The molecule has 1 aromatic heterocycles. The first-order valence-electron chi connectivity index (χ1n) is 4.67. The number of rotatable bonds is 3. The van der Waals surface area contributed by atoms with Crippen molar-refractivity contribution < 1.29 is 9.90 Å². The van der Waals surface area contributed by atoms with Crippen LogP contribution in [0.3, 0.4) is 0 Å². The maximum Gasteiger partial charge on any atom is 0.322 e. The Morgan fingerprint density at radius 3 is 3.00 bits per heavy atom. The van der Waals surface area contributed by atoms with Crippen LogP contribution in [0, 0.1) is 0 Å². The van der Waals surface area contributed by atoms with Gasteiger partial charge in [0.25, 0.3) is 0 Å². The van der Waals surface area contributed by atoms with E-state index in [1.165, 1.54) is 0 Å². The number of pyridine rings is 1. The van der Waals surface area contributed by atoms with Crippen molar-refractivity contribution >= 4 is 34.2 Å². The van der Waals surface area contributed by atoms with Gasteiger partial charge in [-0.25, -0.2) is 4.98 Å². The van der Waals surface area contributed by atoms with Gasteiger partial charge >= 0.3 is 5.97 Å². The molecule has 2 N–H and O–H groups in total. The Morgan fingerprint density at radius 2 is 2.25 bits per heavy atom. The number of carboxylic acid groups (broad SMARTS) is 1. The summed E-state index contributed by atoms with van der Waals surface area (Å²) in [4.78, 5) is 14.5. The molecule has 0 aliphatic carbocycles. The smallest absolute Gasteiger partial charge is 0.322 e. The van der Waals surface area contributed by atoms with Crippen molar-refractivity contribution in [1.82, 2.24) is 4.98 Å². The van der Waals surface area contributed by atoms with Crippen molar-refractivity contribution in [2.45, 2.75) is 0 Å². The second kappa shape index (κ2) is 4.37. The maximum atomic E-state index is 10.5. The summed E-state index contributed by atoms with van der Waals surface area (Å²) >= 11 is 5.88. The molecule has 1 aromatic carbocycles. The van der Waals surface area contributed by atoms with E-state index in [0.29, 0.717) is 10.8 Å². The summed E-state index contributed by atoms with van der Waals surface area (Å²) in [5.41, 5.74) is 0. The standard InChI is InChI=1S/C11H9ClN2O2/c12-8-2-1-7-3-4-13-11(9(7)5-8)14-6-10(15)16/h1-5H,6H2,(H,13,14)(H,15,16). The molecule has 0 spiro atoms. The third-order valence-electron chi connectivity index (χ3n) is 2.14. The van der Waals surface area contributed by atoms with E-state index in [4.69, 9.17) is 16.7 Å². The first-order valence-corrected chi connectivity index (χ1v) is 5.04. The molecule has 0 aliphatic heterocycles. The minimum Gasteiger partial charge on any atom is -0.480 e. The van der Waals surface area contributed by atoms with Gasteiger partial charge < -0.3 is 10.4 Å². The molecule has 82 valence electrons. The summed E-state index contributed by atoms with van der Waals surface area (Å²) in [6.07, 6.45) is 1.63. The van der Waals surface area contributed by atoms with E-state index in [1.807, 2.05) is 12.1 Å². The van der Waals surface area contributed by atoms with Gasteiger partial charge in [-0.2, -0.15) is 0 Å². The fourth-order valence-electron chi connectivity index (χ4n) is 1.44. The van der Waals surface area contributed by atoms with Crippen LogP contribution >= 0.6 is 11.6 Å². The van der Waals surface area contributed by atoms with Crippen LogP contribution in [0.2, 0.25) is 5.02 Å². The molecular formula is C11H9ClN2O2. The Bertz CT molecular complexity index is 542. The van der Waals surface area contributed by atoms with Crippen molar-refractivity contribution in [2.75, 3.05) is 11.9 Å². The number of anilines is 1. The molecule has 2 rings (SSSR count). The lowest BCUT2D eigenvalue weighted by molar-refractivity contribution is -0.134. The number of halogens is 1. The zero-order valence-electron chi connectivity index (χ0n) is 8.27. The van der Waals surface area contributed by atoms with Gasteiger partial charge in [-0.3, -0.25) is 4.79 Å². The van der Waals surface area contributed by atoms with Gasteiger partial charge in [0.15, 0.2) is 0 Å². The third kappa shape index (κ3) is 2.23. The monoisotopic (exact) mass is 236 g/mol. The fourth-order valence-corrected chi connectivity index (χ4v) is 1.61. The highest BCUT2D eigenvalue weighted by Gasteiger charge is 2.04. The summed E-state index contributed by atoms with van der Waals surface area (Å²) in [6, 6.07) is 7.25. The molecule has 0 saturated carbocycles. The molecule has 0 fully saturated rings. The molecule has 0 saturated heterocycles. The number of carboxylic acids is 1. The molecule has 5 heteroatoms.